The molecule has 0 unspecified atom stereocenters. The zero-order chi connectivity index (χ0) is 21.3. The topological polar surface area (TPSA) is 101 Å². The molecule has 7 nitrogen and oxygen atoms in total. The number of rotatable bonds is 4. The van der Waals surface area contributed by atoms with E-state index in [1.165, 1.54) is 0 Å². The number of anilines is 1. The van der Waals surface area contributed by atoms with Gasteiger partial charge in [0, 0.05) is 6.20 Å². The van der Waals surface area contributed by atoms with Crippen LogP contribution in [0.4, 0.5) is 23.4 Å². The second-order valence-electron chi connectivity index (χ2n) is 5.65. The van der Waals surface area contributed by atoms with E-state index in [2.05, 4.69) is 31.3 Å². The van der Waals surface area contributed by atoms with E-state index in [-0.39, 0.29) is 10.0 Å². The highest BCUT2D eigenvalue weighted by molar-refractivity contribution is 9.10. The number of nitrogens with zero attached hydrogens (tertiary/aromatic N) is 4. The Hall–Kier alpha value is -3.33. The first-order valence-electron chi connectivity index (χ1n) is 7.75. The summed E-state index contributed by atoms with van der Waals surface area (Å²) in [4.78, 5) is 28.2. The minimum atomic E-state index is -3.23. The molecule has 2 aromatic heterocycles. The van der Waals surface area contributed by atoms with E-state index in [1.54, 1.807) is 6.07 Å². The van der Waals surface area contributed by atoms with Crippen LogP contribution >= 0.6 is 15.9 Å². The van der Waals surface area contributed by atoms with Crippen LogP contribution < -0.4 is 10.9 Å². The number of carbonyl (C=O) groups is 1. The molecule has 0 aliphatic heterocycles. The van der Waals surface area contributed by atoms with Gasteiger partial charge in [-0.1, -0.05) is 0 Å². The summed E-state index contributed by atoms with van der Waals surface area (Å²) in [6, 6.07) is 4.78. The van der Waals surface area contributed by atoms with Crippen LogP contribution in [0.25, 0.3) is 10.8 Å². The molecule has 12 heteroatoms. The third-order valence-electron chi connectivity index (χ3n) is 3.77. The van der Waals surface area contributed by atoms with Crippen LogP contribution in [0.1, 0.15) is 17.7 Å². The largest absolute Gasteiger partial charge is 0.307 e. The van der Waals surface area contributed by atoms with Crippen molar-refractivity contribution in [1.82, 2.24) is 14.8 Å². The number of carbonyl (C=O) groups excluding carboxylic acids is 1. The van der Waals surface area contributed by atoms with Crippen molar-refractivity contribution >= 4 is 38.4 Å². The molecular formula is C17H8BrF4N5O2. The quantitative estimate of drug-likeness (QED) is 0.590. The maximum absolute atomic E-state index is 14.3. The zero-order valence-corrected chi connectivity index (χ0v) is 15.7. The fraction of sp³-hybridized carbons (Fsp3) is 0.118. The number of pyridine rings is 1. The molecule has 29 heavy (non-hydrogen) atoms. The van der Waals surface area contributed by atoms with Gasteiger partial charge in [-0.25, -0.2) is 27.2 Å². The number of amides is 1. The number of alkyl halides is 2. The van der Waals surface area contributed by atoms with Gasteiger partial charge >= 0.3 is 0 Å². The Morgan fingerprint density at radius 1 is 1.34 bits per heavy atom. The van der Waals surface area contributed by atoms with E-state index in [9.17, 15) is 27.2 Å². The lowest BCUT2D eigenvalue weighted by Crippen LogP contribution is -2.31. The first-order valence-corrected chi connectivity index (χ1v) is 8.54. The van der Waals surface area contributed by atoms with Gasteiger partial charge in [-0.05, 0) is 34.1 Å². The second kappa shape index (κ2) is 7.96. The Kier molecular flexibility index (Phi) is 5.60. The summed E-state index contributed by atoms with van der Waals surface area (Å²) >= 11 is 2.85. The summed E-state index contributed by atoms with van der Waals surface area (Å²) in [7, 11) is 0. The van der Waals surface area contributed by atoms with Crippen molar-refractivity contribution in [2.24, 2.45) is 0 Å². The number of hydrogen-bond acceptors (Lipinski definition) is 5. The van der Waals surface area contributed by atoms with E-state index in [0.29, 0.717) is 4.68 Å². The Labute approximate surface area is 167 Å². The van der Waals surface area contributed by atoms with Gasteiger partial charge in [-0.15, -0.1) is 0 Å². The van der Waals surface area contributed by atoms with Crippen molar-refractivity contribution in [2.45, 2.75) is 13.0 Å². The van der Waals surface area contributed by atoms with Gasteiger partial charge < -0.3 is 5.32 Å². The molecule has 0 spiro atoms. The number of benzene rings is 1. The highest BCUT2D eigenvalue weighted by Crippen LogP contribution is 2.29. The molecule has 0 radical (unpaired) electrons. The molecule has 0 atom stereocenters. The van der Waals surface area contributed by atoms with Gasteiger partial charge in [0.25, 0.3) is 12.0 Å². The summed E-state index contributed by atoms with van der Waals surface area (Å²) in [6.07, 6.45) is -2.22. The van der Waals surface area contributed by atoms with Gasteiger partial charge in [0.2, 0.25) is 5.91 Å². The number of nitriles is 1. The minimum absolute atomic E-state index is 0.0809. The van der Waals surface area contributed by atoms with Crippen LogP contribution in [0.5, 0.6) is 0 Å². The van der Waals surface area contributed by atoms with Gasteiger partial charge in [0.1, 0.15) is 24.1 Å². The lowest BCUT2D eigenvalue weighted by Gasteiger charge is -2.12. The molecule has 1 N–H and O–H groups in total. The number of halogens is 5. The van der Waals surface area contributed by atoms with Crippen LogP contribution in [0.15, 0.2) is 33.7 Å². The predicted octanol–water partition coefficient (Wildman–Crippen LogP) is 3.28. The standard InChI is InChI=1S/C17H8BrF4N5O2/c18-9-2-1-8-12(13(9)20)14(15(21)22)26-27(17(8)29)6-11(28)25-16-10(19)3-7(4-23)5-24-16/h1-3,5,15H,6H2,(H,24,25,28). The van der Waals surface area contributed by atoms with Gasteiger partial charge in [-0.3, -0.25) is 9.59 Å². The van der Waals surface area contributed by atoms with E-state index >= 15 is 0 Å². The monoisotopic (exact) mass is 469 g/mol. The number of hydrogen-bond donors (Lipinski definition) is 1. The van der Waals surface area contributed by atoms with Crippen molar-refractivity contribution in [3.8, 4) is 6.07 Å². The molecule has 148 valence electrons. The summed E-state index contributed by atoms with van der Waals surface area (Å²) in [5.74, 6) is -3.60. The Morgan fingerprint density at radius 2 is 2.07 bits per heavy atom. The van der Waals surface area contributed by atoms with E-state index in [4.69, 9.17) is 5.26 Å². The van der Waals surface area contributed by atoms with Crippen LogP contribution in [0, 0.1) is 23.0 Å². The molecule has 0 saturated carbocycles. The Morgan fingerprint density at radius 3 is 2.69 bits per heavy atom. The molecule has 2 heterocycles. The van der Waals surface area contributed by atoms with Crippen LogP contribution in [0.3, 0.4) is 0 Å². The normalized spacial score (nSPS) is 10.9. The molecular weight excluding hydrogens is 462 g/mol. The first kappa shape index (κ1) is 20.4. The summed E-state index contributed by atoms with van der Waals surface area (Å²) < 4.78 is 55.1. The molecule has 0 bridgehead atoms. The molecule has 0 fully saturated rings. The Bertz CT molecular complexity index is 1240. The zero-order valence-electron chi connectivity index (χ0n) is 14.1. The molecule has 0 aliphatic rings. The summed E-state index contributed by atoms with van der Waals surface area (Å²) in [5.41, 5.74) is -2.09. The highest BCUT2D eigenvalue weighted by atomic mass is 79.9. The van der Waals surface area contributed by atoms with Gasteiger partial charge in [0.15, 0.2) is 11.6 Å². The van der Waals surface area contributed by atoms with Crippen LogP contribution in [0.2, 0.25) is 0 Å². The average Bonchev–Trinajstić information content (AvgIpc) is 2.68. The summed E-state index contributed by atoms with van der Waals surface area (Å²) in [5, 5.41) is 13.1. The predicted molar refractivity (Wildman–Crippen MR) is 96.2 cm³/mol. The molecule has 0 saturated heterocycles. The van der Waals surface area contributed by atoms with E-state index in [0.717, 1.165) is 24.4 Å². The maximum atomic E-state index is 14.3. The van der Waals surface area contributed by atoms with Crippen molar-refractivity contribution < 1.29 is 22.4 Å². The van der Waals surface area contributed by atoms with Crippen molar-refractivity contribution in [2.75, 3.05) is 5.32 Å². The summed E-state index contributed by atoms with van der Waals surface area (Å²) in [6.45, 7) is -0.854. The van der Waals surface area contributed by atoms with Crippen LogP contribution in [-0.2, 0) is 11.3 Å². The second-order valence-corrected chi connectivity index (χ2v) is 6.50. The SMILES string of the molecule is N#Cc1cnc(NC(=O)Cn2nc(C(F)F)c3c(F)c(Br)ccc3c2=O)c(F)c1. The van der Waals surface area contributed by atoms with Gasteiger partial charge in [0.05, 0.1) is 20.8 Å². The maximum Gasteiger partial charge on any atom is 0.282 e. The molecule has 3 aromatic rings. The molecule has 3 rings (SSSR count). The molecule has 1 aromatic carbocycles. The average molecular weight is 470 g/mol. The highest BCUT2D eigenvalue weighted by Gasteiger charge is 2.23. The van der Waals surface area contributed by atoms with Crippen molar-refractivity contribution in [1.29, 1.82) is 5.26 Å². The third-order valence-corrected chi connectivity index (χ3v) is 4.38. The lowest BCUT2D eigenvalue weighted by atomic mass is 10.1. The van der Waals surface area contributed by atoms with Crippen LogP contribution in [-0.4, -0.2) is 20.7 Å². The van der Waals surface area contributed by atoms with E-state index in [1.807, 2.05) is 0 Å². The number of aromatic nitrogens is 3. The van der Waals surface area contributed by atoms with E-state index < -0.39 is 58.4 Å². The lowest BCUT2D eigenvalue weighted by molar-refractivity contribution is -0.117. The fourth-order valence-electron chi connectivity index (χ4n) is 2.50. The molecule has 0 aliphatic carbocycles. The Balaban J connectivity index is 1.99. The third kappa shape index (κ3) is 3.95. The van der Waals surface area contributed by atoms with Crippen molar-refractivity contribution in [3.05, 3.63) is 62.1 Å². The minimum Gasteiger partial charge on any atom is -0.307 e. The fourth-order valence-corrected chi connectivity index (χ4v) is 2.83. The number of nitrogens with one attached hydrogen (secondary N) is 1. The number of fused-ring (bicyclic) bond motifs is 1. The smallest absolute Gasteiger partial charge is 0.282 e. The first-order chi connectivity index (χ1) is 13.7. The molecule has 1 amide bonds. The van der Waals surface area contributed by atoms with Gasteiger partial charge in [-0.2, -0.15) is 10.4 Å². The van der Waals surface area contributed by atoms with Crippen molar-refractivity contribution in [3.63, 3.8) is 0 Å².